The van der Waals surface area contributed by atoms with Gasteiger partial charge in [0.1, 0.15) is 5.60 Å². The third kappa shape index (κ3) is 7.50. The van der Waals surface area contributed by atoms with Crippen LogP contribution in [0.25, 0.3) is 0 Å². The summed E-state index contributed by atoms with van der Waals surface area (Å²) in [6.07, 6.45) is -5.89. The maximum Gasteiger partial charge on any atom is 0.431 e. The van der Waals surface area contributed by atoms with E-state index in [-0.39, 0.29) is 0 Å². The largest absolute Gasteiger partial charge is 0.468 e. The molecule has 0 saturated heterocycles. The predicted octanol–water partition coefficient (Wildman–Crippen LogP) is 1.79. The molecular weight excluding hydrogens is 271 g/mol. The van der Waals surface area contributed by atoms with Crippen LogP contribution in [0, 0.1) is 5.92 Å². The van der Waals surface area contributed by atoms with Crippen LogP contribution in [0.5, 0.6) is 0 Å². The summed E-state index contributed by atoms with van der Waals surface area (Å²) in [4.78, 5) is 26.3. The van der Waals surface area contributed by atoms with E-state index >= 15 is 0 Å². The fraction of sp³-hybridized carbons (Fsp3) is 0.800. The molecule has 6 nitrogen and oxygen atoms in total. The Bertz CT molecular complexity index is 324. The van der Waals surface area contributed by atoms with Crippen molar-refractivity contribution in [3.63, 3.8) is 0 Å². The molecule has 0 aromatic carbocycles. The van der Waals surface area contributed by atoms with Gasteiger partial charge in [-0.2, -0.15) is 18.7 Å². The zero-order valence-electron chi connectivity index (χ0n) is 11.0. The second-order valence-corrected chi connectivity index (χ2v) is 4.53. The summed E-state index contributed by atoms with van der Waals surface area (Å²) in [7, 11) is 0.822. The van der Waals surface area contributed by atoms with E-state index in [0.717, 1.165) is 7.11 Å². The molecule has 0 spiro atoms. The molecular formula is C10H16F3NO5. The number of esters is 1. The highest BCUT2D eigenvalue weighted by molar-refractivity contribution is 5.73. The fourth-order valence-electron chi connectivity index (χ4n) is 0.921. The van der Waals surface area contributed by atoms with Gasteiger partial charge in [-0.25, -0.2) is 4.79 Å². The van der Waals surface area contributed by atoms with E-state index in [0.29, 0.717) is 0 Å². The molecule has 0 aromatic rings. The maximum absolute atomic E-state index is 12.4. The number of carbonyl (C=O) groups is 2. The van der Waals surface area contributed by atoms with Gasteiger partial charge in [0.05, 0.1) is 13.7 Å². The molecule has 1 unspecified atom stereocenters. The zero-order valence-corrected chi connectivity index (χ0v) is 11.0. The minimum Gasteiger partial charge on any atom is -0.468 e. The van der Waals surface area contributed by atoms with Crippen LogP contribution in [-0.2, 0) is 19.1 Å². The number of halogens is 3. The second kappa shape index (κ2) is 6.60. The molecule has 9 heteroatoms. The van der Waals surface area contributed by atoms with E-state index in [4.69, 9.17) is 4.74 Å². The quantitative estimate of drug-likeness (QED) is 0.630. The first-order chi connectivity index (χ1) is 8.47. The number of amides is 1. The highest BCUT2D eigenvalue weighted by Gasteiger charge is 2.46. The molecule has 0 radical (unpaired) electrons. The summed E-state index contributed by atoms with van der Waals surface area (Å²) in [6, 6.07) is 0. The molecule has 0 fully saturated rings. The summed E-state index contributed by atoms with van der Waals surface area (Å²) >= 11 is 0. The molecule has 0 aromatic heterocycles. The third-order valence-corrected chi connectivity index (χ3v) is 1.69. The Hall–Kier alpha value is -1.51. The normalized spacial score (nSPS) is 13.6. The van der Waals surface area contributed by atoms with E-state index in [1.165, 1.54) is 0 Å². The lowest BCUT2D eigenvalue weighted by molar-refractivity contribution is -0.208. The highest BCUT2D eigenvalue weighted by Crippen LogP contribution is 2.27. The van der Waals surface area contributed by atoms with E-state index < -0.39 is 36.4 Å². The molecule has 0 aliphatic rings. The predicted molar refractivity (Wildman–Crippen MR) is 56.9 cm³/mol. The SMILES string of the molecule is COC(=O)C(CONC(=O)OC(C)(C)C)C(F)(F)F. The topological polar surface area (TPSA) is 73.9 Å². The molecule has 0 rings (SSSR count). The number of methoxy groups -OCH3 is 1. The van der Waals surface area contributed by atoms with Gasteiger partial charge >= 0.3 is 18.2 Å². The van der Waals surface area contributed by atoms with Crippen molar-refractivity contribution >= 4 is 12.1 Å². The Morgan fingerprint density at radius 1 is 1.21 bits per heavy atom. The Labute approximate surface area is 108 Å². The summed E-state index contributed by atoms with van der Waals surface area (Å²) < 4.78 is 46.0. The number of carbonyl (C=O) groups excluding carboxylic acids is 2. The first-order valence-corrected chi connectivity index (χ1v) is 5.22. The standard InChI is InChI=1S/C10H16F3NO5/c1-9(2,3)19-8(16)14-18-5-6(7(15)17-4)10(11,12)13/h6H,5H2,1-4H3,(H,14,16). The van der Waals surface area contributed by atoms with E-state index in [1.807, 2.05) is 0 Å². The molecule has 1 atom stereocenters. The molecule has 0 bridgehead atoms. The molecule has 1 N–H and O–H groups in total. The van der Waals surface area contributed by atoms with Crippen LogP contribution >= 0.6 is 0 Å². The zero-order chi connectivity index (χ0) is 15.3. The average molecular weight is 287 g/mol. The minimum atomic E-state index is -4.83. The van der Waals surface area contributed by atoms with Gasteiger partial charge in [-0.15, -0.1) is 0 Å². The number of nitrogens with one attached hydrogen (secondary N) is 1. The van der Waals surface area contributed by atoms with Crippen molar-refractivity contribution in [3.05, 3.63) is 0 Å². The monoisotopic (exact) mass is 287 g/mol. The molecule has 19 heavy (non-hydrogen) atoms. The molecule has 0 saturated carbocycles. The Morgan fingerprint density at radius 2 is 1.74 bits per heavy atom. The second-order valence-electron chi connectivity index (χ2n) is 4.53. The third-order valence-electron chi connectivity index (χ3n) is 1.69. The van der Waals surface area contributed by atoms with Gasteiger partial charge in [0.15, 0.2) is 5.92 Å². The van der Waals surface area contributed by atoms with E-state index in [2.05, 4.69) is 9.57 Å². The fourth-order valence-corrected chi connectivity index (χ4v) is 0.921. The van der Waals surface area contributed by atoms with Gasteiger partial charge in [0, 0.05) is 0 Å². The van der Waals surface area contributed by atoms with Crippen LogP contribution in [0.2, 0.25) is 0 Å². The first kappa shape index (κ1) is 17.5. The van der Waals surface area contributed by atoms with Crippen molar-refractivity contribution in [2.45, 2.75) is 32.5 Å². The highest BCUT2D eigenvalue weighted by atomic mass is 19.4. The van der Waals surface area contributed by atoms with Crippen LogP contribution in [0.3, 0.4) is 0 Å². The molecule has 112 valence electrons. The number of hydrogen-bond acceptors (Lipinski definition) is 5. The Kier molecular flexibility index (Phi) is 6.07. The van der Waals surface area contributed by atoms with E-state index in [9.17, 15) is 22.8 Å². The van der Waals surface area contributed by atoms with Gasteiger partial charge in [0.25, 0.3) is 0 Å². The van der Waals surface area contributed by atoms with Crippen LogP contribution in [0.15, 0.2) is 0 Å². The lowest BCUT2D eigenvalue weighted by Gasteiger charge is -2.21. The van der Waals surface area contributed by atoms with Gasteiger partial charge in [-0.1, -0.05) is 0 Å². The van der Waals surface area contributed by atoms with Crippen LogP contribution < -0.4 is 5.48 Å². The summed E-state index contributed by atoms with van der Waals surface area (Å²) in [5.74, 6) is -3.98. The summed E-state index contributed by atoms with van der Waals surface area (Å²) in [6.45, 7) is 3.61. The van der Waals surface area contributed by atoms with Crippen molar-refractivity contribution in [2.75, 3.05) is 13.7 Å². The van der Waals surface area contributed by atoms with Crippen molar-refractivity contribution in [2.24, 2.45) is 5.92 Å². The van der Waals surface area contributed by atoms with Crippen LogP contribution in [0.1, 0.15) is 20.8 Å². The van der Waals surface area contributed by atoms with Crippen molar-refractivity contribution in [1.82, 2.24) is 5.48 Å². The molecule has 0 aliphatic carbocycles. The number of hydroxylamine groups is 1. The van der Waals surface area contributed by atoms with Gasteiger partial charge < -0.3 is 9.47 Å². The Morgan fingerprint density at radius 3 is 2.11 bits per heavy atom. The van der Waals surface area contributed by atoms with Crippen molar-refractivity contribution in [1.29, 1.82) is 0 Å². The number of hydrogen-bond donors (Lipinski definition) is 1. The molecule has 1 amide bonds. The van der Waals surface area contributed by atoms with Gasteiger partial charge in [-0.05, 0) is 20.8 Å². The lowest BCUT2D eigenvalue weighted by Crippen LogP contribution is -2.39. The van der Waals surface area contributed by atoms with E-state index in [1.54, 1.807) is 26.3 Å². The number of ether oxygens (including phenoxy) is 2. The summed E-state index contributed by atoms with van der Waals surface area (Å²) in [5, 5.41) is 0. The van der Waals surface area contributed by atoms with Gasteiger partial charge in [0.2, 0.25) is 0 Å². The van der Waals surface area contributed by atoms with Crippen LogP contribution in [-0.4, -0.2) is 37.6 Å². The van der Waals surface area contributed by atoms with Crippen molar-refractivity contribution in [3.8, 4) is 0 Å². The van der Waals surface area contributed by atoms with Crippen molar-refractivity contribution < 1.29 is 37.1 Å². The summed E-state index contributed by atoms with van der Waals surface area (Å²) in [5.41, 5.74) is 0.832. The molecule has 0 heterocycles. The minimum absolute atomic E-state index is 0.820. The maximum atomic E-state index is 12.4. The average Bonchev–Trinajstić information content (AvgIpc) is 2.19. The number of rotatable bonds is 4. The van der Waals surface area contributed by atoms with Gasteiger partial charge in [-0.3, -0.25) is 9.63 Å². The Balaban J connectivity index is 4.29. The molecule has 0 aliphatic heterocycles. The lowest BCUT2D eigenvalue weighted by atomic mass is 10.1. The van der Waals surface area contributed by atoms with Crippen LogP contribution in [0.4, 0.5) is 18.0 Å². The smallest absolute Gasteiger partial charge is 0.431 e. The number of alkyl halides is 3. The first-order valence-electron chi connectivity index (χ1n) is 5.22.